The molecule has 7 nitrogen and oxygen atoms in total. The molecule has 21 heavy (non-hydrogen) atoms. The van der Waals surface area contributed by atoms with Gasteiger partial charge in [0.15, 0.2) is 11.4 Å². The molecule has 114 valence electrons. The molecule has 2 rings (SSSR count). The summed E-state index contributed by atoms with van der Waals surface area (Å²) in [6, 6.07) is 2.19. The van der Waals surface area contributed by atoms with Crippen LogP contribution in [0.4, 0.5) is 0 Å². The molecular formula is C14H18N2O5. The Balaban J connectivity index is 2.17. The van der Waals surface area contributed by atoms with Gasteiger partial charge in [0.25, 0.3) is 11.1 Å². The molecule has 7 heteroatoms. The van der Waals surface area contributed by atoms with Crippen LogP contribution in [0, 0.1) is 5.92 Å². The van der Waals surface area contributed by atoms with Crippen molar-refractivity contribution in [2.45, 2.75) is 45.3 Å². The smallest absolute Gasteiger partial charge is 0.310 e. The number of nitrogens with zero attached hydrogens (tertiary/aromatic N) is 1. The summed E-state index contributed by atoms with van der Waals surface area (Å²) >= 11 is 0. The minimum absolute atomic E-state index is 0.282. The van der Waals surface area contributed by atoms with E-state index in [0.717, 1.165) is 23.2 Å². The van der Waals surface area contributed by atoms with E-state index in [1.54, 1.807) is 6.92 Å². The first-order valence-electron chi connectivity index (χ1n) is 6.92. The fourth-order valence-corrected chi connectivity index (χ4v) is 2.53. The number of esters is 1. The number of H-pyrrole nitrogens is 1. The van der Waals surface area contributed by atoms with Gasteiger partial charge in [-0.05, 0) is 13.3 Å². The minimum Gasteiger partial charge on any atom is -0.451 e. The number of carbonyl (C=O) groups is 2. The molecule has 1 aromatic rings. The fourth-order valence-electron chi connectivity index (χ4n) is 2.53. The minimum atomic E-state index is -1.23. The van der Waals surface area contributed by atoms with Gasteiger partial charge in [-0.15, -0.1) is 0 Å². The third-order valence-electron chi connectivity index (χ3n) is 3.71. The molecule has 0 amide bonds. The molecule has 1 aromatic heterocycles. The number of aromatic amines is 1. The van der Waals surface area contributed by atoms with Crippen molar-refractivity contribution in [2.75, 3.05) is 0 Å². The fraction of sp³-hybridized carbons (Fsp3) is 0.571. The summed E-state index contributed by atoms with van der Waals surface area (Å²) in [5, 5.41) is 2.28. The van der Waals surface area contributed by atoms with Crippen molar-refractivity contribution in [1.29, 1.82) is 0 Å². The number of ketones is 1. The van der Waals surface area contributed by atoms with Crippen LogP contribution in [-0.2, 0) is 20.9 Å². The lowest BCUT2D eigenvalue weighted by Crippen LogP contribution is -2.41. The Kier molecular flexibility index (Phi) is 4.11. The summed E-state index contributed by atoms with van der Waals surface area (Å²) in [7, 11) is 0. The van der Waals surface area contributed by atoms with Gasteiger partial charge in [0.1, 0.15) is 6.54 Å². The second-order valence-corrected chi connectivity index (χ2v) is 5.50. The SMILES string of the molecule is CCC[C@@H]1C[C@](C)(C(=O)Cn2[nH]c(=O)ccc2=O)OC1=O. The van der Waals surface area contributed by atoms with Crippen molar-refractivity contribution in [1.82, 2.24) is 9.78 Å². The third-order valence-corrected chi connectivity index (χ3v) is 3.71. The zero-order valence-corrected chi connectivity index (χ0v) is 12.0. The lowest BCUT2D eigenvalue weighted by molar-refractivity contribution is -0.157. The monoisotopic (exact) mass is 294 g/mol. The van der Waals surface area contributed by atoms with Crippen molar-refractivity contribution in [2.24, 2.45) is 5.92 Å². The largest absolute Gasteiger partial charge is 0.451 e. The predicted octanol–water partition coefficient (Wildman–Crippen LogP) is 0.228. The van der Waals surface area contributed by atoms with E-state index in [-0.39, 0.29) is 18.4 Å². The van der Waals surface area contributed by atoms with Gasteiger partial charge in [0.05, 0.1) is 5.92 Å². The third kappa shape index (κ3) is 3.12. The van der Waals surface area contributed by atoms with Crippen LogP contribution in [0.2, 0.25) is 0 Å². The average Bonchev–Trinajstić information content (AvgIpc) is 2.71. The maximum absolute atomic E-state index is 12.3. The highest BCUT2D eigenvalue weighted by molar-refractivity contribution is 5.92. The molecule has 1 N–H and O–H groups in total. The van der Waals surface area contributed by atoms with E-state index in [0.29, 0.717) is 12.8 Å². The molecule has 1 aliphatic heterocycles. The van der Waals surface area contributed by atoms with Gasteiger partial charge in [-0.2, -0.15) is 0 Å². The number of Topliss-reactive ketones (excluding diaryl/α,β-unsaturated/α-hetero) is 1. The molecule has 0 unspecified atom stereocenters. The van der Waals surface area contributed by atoms with Crippen molar-refractivity contribution >= 4 is 11.8 Å². The number of cyclic esters (lactones) is 1. The first kappa shape index (κ1) is 15.2. The van der Waals surface area contributed by atoms with Crippen LogP contribution in [-0.4, -0.2) is 27.1 Å². The van der Waals surface area contributed by atoms with E-state index >= 15 is 0 Å². The molecule has 1 aliphatic rings. The Morgan fingerprint density at radius 2 is 2.14 bits per heavy atom. The zero-order valence-electron chi connectivity index (χ0n) is 12.0. The van der Waals surface area contributed by atoms with Crippen molar-refractivity contribution in [3.8, 4) is 0 Å². The average molecular weight is 294 g/mol. The molecule has 0 spiro atoms. The van der Waals surface area contributed by atoms with Gasteiger partial charge < -0.3 is 4.74 Å². The van der Waals surface area contributed by atoms with Crippen LogP contribution >= 0.6 is 0 Å². The van der Waals surface area contributed by atoms with Gasteiger partial charge in [0, 0.05) is 18.6 Å². The number of aromatic nitrogens is 2. The Morgan fingerprint density at radius 1 is 1.43 bits per heavy atom. The second kappa shape index (κ2) is 5.67. The maximum Gasteiger partial charge on any atom is 0.310 e. The van der Waals surface area contributed by atoms with Crippen LogP contribution in [0.5, 0.6) is 0 Å². The lowest BCUT2D eigenvalue weighted by atomic mass is 9.89. The highest BCUT2D eigenvalue weighted by Crippen LogP contribution is 2.34. The Labute approximate surface area is 120 Å². The topological polar surface area (TPSA) is 98.2 Å². The Bertz CT molecular complexity index is 674. The molecular weight excluding hydrogens is 276 g/mol. The van der Waals surface area contributed by atoms with Gasteiger partial charge in [-0.25, -0.2) is 4.68 Å². The standard InChI is InChI=1S/C14H18N2O5/c1-3-4-9-7-14(2,21-13(9)20)10(17)8-16-12(19)6-5-11(18)15-16/h5-6,9H,3-4,7-8H2,1-2H3,(H,15,18)/t9-,14-/m1/s1. The van der Waals surface area contributed by atoms with E-state index in [1.165, 1.54) is 0 Å². The summed E-state index contributed by atoms with van der Waals surface area (Å²) in [5.74, 6) is -1.06. The quantitative estimate of drug-likeness (QED) is 0.784. The Hall–Kier alpha value is -2.18. The van der Waals surface area contributed by atoms with Crippen LogP contribution < -0.4 is 11.1 Å². The number of hydrogen-bond acceptors (Lipinski definition) is 5. The summed E-state index contributed by atoms with van der Waals surface area (Å²) in [6.07, 6.45) is 1.81. The van der Waals surface area contributed by atoms with Crippen LogP contribution in [0.1, 0.15) is 33.1 Å². The van der Waals surface area contributed by atoms with Crippen LogP contribution in [0.15, 0.2) is 21.7 Å². The predicted molar refractivity (Wildman–Crippen MR) is 73.8 cm³/mol. The number of rotatable bonds is 5. The highest BCUT2D eigenvalue weighted by atomic mass is 16.6. The molecule has 2 heterocycles. The molecule has 0 aliphatic carbocycles. The number of hydrogen-bond donors (Lipinski definition) is 1. The van der Waals surface area contributed by atoms with Crippen molar-refractivity contribution < 1.29 is 14.3 Å². The lowest BCUT2D eigenvalue weighted by Gasteiger charge is -2.21. The van der Waals surface area contributed by atoms with E-state index < -0.39 is 22.5 Å². The number of nitrogens with one attached hydrogen (secondary N) is 1. The molecule has 0 saturated carbocycles. The maximum atomic E-state index is 12.3. The molecule has 1 saturated heterocycles. The normalized spacial score (nSPS) is 24.9. The first-order chi connectivity index (χ1) is 9.85. The van der Waals surface area contributed by atoms with Crippen molar-refractivity contribution in [3.63, 3.8) is 0 Å². The first-order valence-corrected chi connectivity index (χ1v) is 6.92. The van der Waals surface area contributed by atoms with Gasteiger partial charge >= 0.3 is 5.97 Å². The Morgan fingerprint density at radius 3 is 2.81 bits per heavy atom. The summed E-state index contributed by atoms with van der Waals surface area (Å²) < 4.78 is 6.15. The summed E-state index contributed by atoms with van der Waals surface area (Å²) in [5.41, 5.74) is -2.19. The number of ether oxygens (including phenoxy) is 1. The zero-order chi connectivity index (χ0) is 15.6. The van der Waals surface area contributed by atoms with Gasteiger partial charge in [0.2, 0.25) is 0 Å². The second-order valence-electron chi connectivity index (χ2n) is 5.50. The molecule has 2 atom stereocenters. The number of carbonyl (C=O) groups excluding carboxylic acids is 2. The highest BCUT2D eigenvalue weighted by Gasteiger charge is 2.47. The van der Waals surface area contributed by atoms with Gasteiger partial charge in [-0.3, -0.25) is 24.3 Å². The molecule has 0 aromatic carbocycles. The van der Waals surface area contributed by atoms with E-state index in [9.17, 15) is 19.2 Å². The van der Waals surface area contributed by atoms with Crippen molar-refractivity contribution in [3.05, 3.63) is 32.8 Å². The van der Waals surface area contributed by atoms with Crippen LogP contribution in [0.25, 0.3) is 0 Å². The molecule has 0 bridgehead atoms. The van der Waals surface area contributed by atoms with E-state index in [4.69, 9.17) is 4.74 Å². The molecule has 1 fully saturated rings. The summed E-state index contributed by atoms with van der Waals surface area (Å²) in [4.78, 5) is 46.9. The van der Waals surface area contributed by atoms with Crippen LogP contribution in [0.3, 0.4) is 0 Å². The van der Waals surface area contributed by atoms with E-state index in [1.807, 2.05) is 6.92 Å². The van der Waals surface area contributed by atoms with E-state index in [2.05, 4.69) is 5.10 Å². The van der Waals surface area contributed by atoms with Gasteiger partial charge in [-0.1, -0.05) is 13.3 Å². The summed E-state index contributed by atoms with van der Waals surface area (Å²) in [6.45, 7) is 3.19. The molecule has 0 radical (unpaired) electrons.